The molecule has 0 fully saturated rings. The zero-order chi connectivity index (χ0) is 15.5. The number of anilines is 2. The van der Waals surface area contributed by atoms with Crippen LogP contribution in [-0.2, 0) is 0 Å². The maximum Gasteiger partial charge on any atom is 0.143 e. The SMILES string of the molecule is c1ccc(Nc2ncnc3cc(-c4ccccc4)ncc23)cc1. The molecule has 23 heavy (non-hydrogen) atoms. The van der Waals surface area contributed by atoms with Crippen molar-refractivity contribution in [1.82, 2.24) is 15.0 Å². The molecular formula is C19H14N4. The Bertz CT molecular complexity index is 937. The smallest absolute Gasteiger partial charge is 0.143 e. The topological polar surface area (TPSA) is 50.7 Å². The van der Waals surface area contributed by atoms with Crippen molar-refractivity contribution in [3.63, 3.8) is 0 Å². The van der Waals surface area contributed by atoms with E-state index in [1.807, 2.05) is 72.9 Å². The molecule has 0 aliphatic carbocycles. The van der Waals surface area contributed by atoms with Crippen molar-refractivity contribution in [3.05, 3.63) is 79.3 Å². The van der Waals surface area contributed by atoms with Crippen LogP contribution < -0.4 is 5.32 Å². The second-order valence-electron chi connectivity index (χ2n) is 5.17. The molecule has 110 valence electrons. The lowest BCUT2D eigenvalue weighted by Crippen LogP contribution is -1.96. The summed E-state index contributed by atoms with van der Waals surface area (Å²) in [4.78, 5) is 13.3. The standard InChI is InChI=1S/C19H14N4/c1-3-7-14(8-4-1)17-11-18-16(12-20-17)19(22-13-21-18)23-15-9-5-2-6-10-15/h1-13H,(H,21,22,23). The van der Waals surface area contributed by atoms with Gasteiger partial charge in [0.15, 0.2) is 0 Å². The van der Waals surface area contributed by atoms with Gasteiger partial charge in [-0.1, -0.05) is 48.5 Å². The molecule has 0 spiro atoms. The maximum absolute atomic E-state index is 4.56. The number of para-hydroxylation sites is 1. The fourth-order valence-electron chi connectivity index (χ4n) is 2.48. The molecule has 0 unspecified atom stereocenters. The largest absolute Gasteiger partial charge is 0.340 e. The summed E-state index contributed by atoms with van der Waals surface area (Å²) in [6.45, 7) is 0. The lowest BCUT2D eigenvalue weighted by Gasteiger charge is -2.09. The Hall–Kier alpha value is -3.27. The number of nitrogens with one attached hydrogen (secondary N) is 1. The lowest BCUT2D eigenvalue weighted by atomic mass is 10.1. The summed E-state index contributed by atoms with van der Waals surface area (Å²) in [5.41, 5.74) is 3.83. The van der Waals surface area contributed by atoms with Gasteiger partial charge in [-0.05, 0) is 18.2 Å². The fraction of sp³-hybridized carbons (Fsp3) is 0. The van der Waals surface area contributed by atoms with Crippen LogP contribution >= 0.6 is 0 Å². The molecule has 0 saturated carbocycles. The molecule has 2 heterocycles. The number of benzene rings is 2. The molecule has 0 saturated heterocycles. The number of hydrogen-bond donors (Lipinski definition) is 1. The second-order valence-corrected chi connectivity index (χ2v) is 5.17. The van der Waals surface area contributed by atoms with Gasteiger partial charge in [-0.25, -0.2) is 9.97 Å². The van der Waals surface area contributed by atoms with E-state index in [0.29, 0.717) is 0 Å². The average Bonchev–Trinajstić information content (AvgIpc) is 2.63. The van der Waals surface area contributed by atoms with E-state index >= 15 is 0 Å². The summed E-state index contributed by atoms with van der Waals surface area (Å²) < 4.78 is 0. The van der Waals surface area contributed by atoms with Gasteiger partial charge >= 0.3 is 0 Å². The number of nitrogens with zero attached hydrogens (tertiary/aromatic N) is 3. The average molecular weight is 298 g/mol. The summed E-state index contributed by atoms with van der Waals surface area (Å²) >= 11 is 0. The predicted molar refractivity (Wildman–Crippen MR) is 92.5 cm³/mol. The third-order valence-corrected chi connectivity index (χ3v) is 3.63. The van der Waals surface area contributed by atoms with Crippen molar-refractivity contribution < 1.29 is 0 Å². The van der Waals surface area contributed by atoms with Crippen LogP contribution in [0.3, 0.4) is 0 Å². The van der Waals surface area contributed by atoms with Crippen LogP contribution in [-0.4, -0.2) is 15.0 Å². The first-order valence-corrected chi connectivity index (χ1v) is 7.38. The van der Waals surface area contributed by atoms with E-state index in [2.05, 4.69) is 20.3 Å². The van der Waals surface area contributed by atoms with Gasteiger partial charge in [0.05, 0.1) is 16.6 Å². The lowest BCUT2D eigenvalue weighted by molar-refractivity contribution is 1.20. The van der Waals surface area contributed by atoms with Crippen molar-refractivity contribution in [3.8, 4) is 11.3 Å². The van der Waals surface area contributed by atoms with Crippen LogP contribution in [0.25, 0.3) is 22.2 Å². The second kappa shape index (κ2) is 5.85. The van der Waals surface area contributed by atoms with Crippen molar-refractivity contribution in [2.45, 2.75) is 0 Å². The van der Waals surface area contributed by atoms with Crippen LogP contribution in [0.2, 0.25) is 0 Å². The van der Waals surface area contributed by atoms with E-state index in [4.69, 9.17) is 0 Å². The van der Waals surface area contributed by atoms with Crippen molar-refractivity contribution in [2.24, 2.45) is 0 Å². The van der Waals surface area contributed by atoms with Gasteiger partial charge in [-0.2, -0.15) is 0 Å². The summed E-state index contributed by atoms with van der Waals surface area (Å²) in [6, 6.07) is 22.0. The Morgan fingerprint density at radius 2 is 1.48 bits per heavy atom. The molecule has 2 aromatic heterocycles. The fourth-order valence-corrected chi connectivity index (χ4v) is 2.48. The first kappa shape index (κ1) is 13.4. The monoisotopic (exact) mass is 298 g/mol. The molecular weight excluding hydrogens is 284 g/mol. The highest BCUT2D eigenvalue weighted by atomic mass is 15.0. The quantitative estimate of drug-likeness (QED) is 0.607. The minimum atomic E-state index is 0.758. The van der Waals surface area contributed by atoms with Gasteiger partial charge < -0.3 is 5.32 Å². The van der Waals surface area contributed by atoms with E-state index in [1.54, 1.807) is 6.33 Å². The van der Waals surface area contributed by atoms with E-state index in [9.17, 15) is 0 Å². The van der Waals surface area contributed by atoms with Crippen LogP contribution in [0.1, 0.15) is 0 Å². The van der Waals surface area contributed by atoms with Crippen molar-refractivity contribution in [1.29, 1.82) is 0 Å². The molecule has 1 N–H and O–H groups in total. The van der Waals surface area contributed by atoms with E-state index in [0.717, 1.165) is 33.7 Å². The van der Waals surface area contributed by atoms with Crippen LogP contribution in [0, 0.1) is 0 Å². The maximum atomic E-state index is 4.56. The van der Waals surface area contributed by atoms with Crippen molar-refractivity contribution in [2.75, 3.05) is 5.32 Å². The van der Waals surface area contributed by atoms with Gasteiger partial charge in [0.2, 0.25) is 0 Å². The molecule has 4 nitrogen and oxygen atoms in total. The van der Waals surface area contributed by atoms with Gasteiger partial charge in [-0.15, -0.1) is 0 Å². The molecule has 0 atom stereocenters. The van der Waals surface area contributed by atoms with Crippen LogP contribution in [0.5, 0.6) is 0 Å². The molecule has 4 rings (SSSR count). The molecule has 4 aromatic rings. The minimum absolute atomic E-state index is 0.758. The Morgan fingerprint density at radius 3 is 2.26 bits per heavy atom. The van der Waals surface area contributed by atoms with E-state index < -0.39 is 0 Å². The highest BCUT2D eigenvalue weighted by molar-refractivity contribution is 5.91. The zero-order valence-electron chi connectivity index (χ0n) is 12.3. The Labute approximate surface area is 133 Å². The molecule has 0 radical (unpaired) electrons. The normalized spacial score (nSPS) is 10.6. The van der Waals surface area contributed by atoms with Crippen LogP contribution in [0.4, 0.5) is 11.5 Å². The first-order valence-electron chi connectivity index (χ1n) is 7.38. The molecule has 0 aliphatic rings. The Kier molecular flexibility index (Phi) is 3.41. The Morgan fingerprint density at radius 1 is 0.739 bits per heavy atom. The summed E-state index contributed by atoms with van der Waals surface area (Å²) in [7, 11) is 0. The van der Waals surface area contributed by atoms with Gasteiger partial charge in [0.25, 0.3) is 0 Å². The molecule has 0 bridgehead atoms. The number of rotatable bonds is 3. The van der Waals surface area contributed by atoms with Gasteiger partial charge in [0, 0.05) is 17.4 Å². The number of fused-ring (bicyclic) bond motifs is 1. The molecule has 0 amide bonds. The third kappa shape index (κ3) is 2.74. The molecule has 2 aromatic carbocycles. The van der Waals surface area contributed by atoms with Gasteiger partial charge in [-0.3, -0.25) is 4.98 Å². The van der Waals surface area contributed by atoms with Crippen LogP contribution in [0.15, 0.2) is 79.3 Å². The Balaban J connectivity index is 1.77. The van der Waals surface area contributed by atoms with E-state index in [1.165, 1.54) is 0 Å². The summed E-state index contributed by atoms with van der Waals surface area (Å²) in [5.74, 6) is 0.758. The zero-order valence-corrected chi connectivity index (χ0v) is 12.3. The van der Waals surface area contributed by atoms with E-state index in [-0.39, 0.29) is 0 Å². The summed E-state index contributed by atoms with van der Waals surface area (Å²) in [6.07, 6.45) is 3.39. The van der Waals surface area contributed by atoms with Crippen molar-refractivity contribution >= 4 is 22.4 Å². The predicted octanol–water partition coefficient (Wildman–Crippen LogP) is 4.44. The highest BCUT2D eigenvalue weighted by Gasteiger charge is 2.07. The number of pyridine rings is 1. The number of hydrogen-bond acceptors (Lipinski definition) is 4. The molecule has 0 aliphatic heterocycles. The van der Waals surface area contributed by atoms with Gasteiger partial charge in [0.1, 0.15) is 12.1 Å². The highest BCUT2D eigenvalue weighted by Crippen LogP contribution is 2.25. The minimum Gasteiger partial charge on any atom is -0.340 e. The summed E-state index contributed by atoms with van der Waals surface area (Å²) in [5, 5.41) is 4.21. The third-order valence-electron chi connectivity index (χ3n) is 3.63. The number of aromatic nitrogens is 3. The molecule has 4 heteroatoms. The first-order chi connectivity index (χ1) is 11.4.